The number of carboxylic acids is 1. The summed E-state index contributed by atoms with van der Waals surface area (Å²) in [6, 6.07) is 15.3. The van der Waals surface area contributed by atoms with Crippen LogP contribution in [0.15, 0.2) is 54.9 Å². The number of carbonyl (C=O) groups excluding carboxylic acids is 1. The number of aliphatic hydroxyl groups excluding tert-OH is 1. The first kappa shape index (κ1) is 29.0. The van der Waals surface area contributed by atoms with Crippen LogP contribution in [0.25, 0.3) is 0 Å². The van der Waals surface area contributed by atoms with Crippen molar-refractivity contribution in [3.8, 4) is 0 Å². The Kier molecular flexibility index (Phi) is 10.4. The zero-order valence-electron chi connectivity index (χ0n) is 21.3. The van der Waals surface area contributed by atoms with E-state index in [1.807, 2.05) is 48.5 Å². The Morgan fingerprint density at radius 3 is 2.28 bits per heavy atom. The van der Waals surface area contributed by atoms with Crippen molar-refractivity contribution in [1.82, 2.24) is 14.9 Å². The number of aliphatic hydroxyl groups is 1. The largest absolute Gasteiger partial charge is 0.481 e. The van der Waals surface area contributed by atoms with E-state index in [2.05, 4.69) is 10.3 Å². The number of carbonyl (C=O) groups is 2. The molecule has 0 unspecified atom stereocenters. The summed E-state index contributed by atoms with van der Waals surface area (Å²) in [5.41, 5.74) is 3.54. The third-order valence-electron chi connectivity index (χ3n) is 6.53. The molecule has 1 saturated heterocycles. The van der Waals surface area contributed by atoms with Gasteiger partial charge in [0.2, 0.25) is 5.91 Å². The van der Waals surface area contributed by atoms with Gasteiger partial charge in [-0.1, -0.05) is 71.7 Å². The lowest BCUT2D eigenvalue weighted by Gasteiger charge is -2.36. The number of aliphatic carboxylic acids is 1. The van der Waals surface area contributed by atoms with Crippen LogP contribution in [0.4, 0.5) is 0 Å². The third-order valence-corrected chi connectivity index (χ3v) is 7.30. The van der Waals surface area contributed by atoms with Gasteiger partial charge in [-0.15, -0.1) is 0 Å². The Hall–Kier alpha value is -2.95. The smallest absolute Gasteiger partial charge is 0.303 e. The van der Waals surface area contributed by atoms with Gasteiger partial charge in [0.05, 0.1) is 31.7 Å². The van der Waals surface area contributed by atoms with Gasteiger partial charge in [0.25, 0.3) is 0 Å². The highest BCUT2D eigenvalue weighted by Crippen LogP contribution is 2.39. The molecule has 0 radical (unpaired) electrons. The minimum absolute atomic E-state index is 0.0302. The van der Waals surface area contributed by atoms with E-state index in [0.29, 0.717) is 43.9 Å². The molecule has 3 atom stereocenters. The van der Waals surface area contributed by atoms with Crippen LogP contribution < -0.4 is 5.32 Å². The van der Waals surface area contributed by atoms with Crippen molar-refractivity contribution >= 4 is 35.1 Å². The Labute approximate surface area is 236 Å². The van der Waals surface area contributed by atoms with Gasteiger partial charge in [-0.3, -0.25) is 9.59 Å². The first-order valence-electron chi connectivity index (χ1n) is 12.8. The van der Waals surface area contributed by atoms with E-state index in [4.69, 9.17) is 37.8 Å². The first-order chi connectivity index (χ1) is 18.8. The average Bonchev–Trinajstić information content (AvgIpc) is 3.26. The van der Waals surface area contributed by atoms with Crippen LogP contribution in [-0.2, 0) is 38.8 Å². The molecular formula is C28H31Cl2N3O6. The molecule has 3 N–H and O–H groups in total. The van der Waals surface area contributed by atoms with Crippen molar-refractivity contribution in [1.29, 1.82) is 0 Å². The van der Waals surface area contributed by atoms with E-state index >= 15 is 0 Å². The van der Waals surface area contributed by atoms with Crippen molar-refractivity contribution in [3.05, 3.63) is 87.4 Å². The maximum atomic E-state index is 12.1. The van der Waals surface area contributed by atoms with Gasteiger partial charge in [0, 0.05) is 31.4 Å². The molecule has 4 rings (SSSR count). The summed E-state index contributed by atoms with van der Waals surface area (Å²) in [6.07, 6.45) is 2.41. The van der Waals surface area contributed by atoms with Crippen molar-refractivity contribution in [3.63, 3.8) is 0 Å². The molecule has 1 aliphatic heterocycles. The quantitative estimate of drug-likeness (QED) is 0.254. The maximum Gasteiger partial charge on any atom is 0.303 e. The molecular weight excluding hydrogens is 545 g/mol. The van der Waals surface area contributed by atoms with Gasteiger partial charge < -0.3 is 29.6 Å². The van der Waals surface area contributed by atoms with Crippen molar-refractivity contribution in [2.45, 2.75) is 70.3 Å². The minimum atomic E-state index is -0.853. The highest BCUT2D eigenvalue weighted by atomic mass is 35.5. The molecule has 1 amide bonds. The topological polar surface area (TPSA) is 123 Å². The molecule has 39 heavy (non-hydrogen) atoms. The molecule has 208 valence electrons. The number of hydrogen-bond donors (Lipinski definition) is 3. The van der Waals surface area contributed by atoms with E-state index < -0.39 is 12.3 Å². The lowest BCUT2D eigenvalue weighted by Crippen LogP contribution is -2.32. The first-order valence-corrected chi connectivity index (χ1v) is 13.5. The second-order valence-electron chi connectivity index (χ2n) is 9.45. The number of hydrogen-bond acceptors (Lipinski definition) is 6. The summed E-state index contributed by atoms with van der Waals surface area (Å²) < 4.78 is 14.4. The predicted octanol–water partition coefficient (Wildman–Crippen LogP) is 5.19. The highest BCUT2D eigenvalue weighted by Gasteiger charge is 2.32. The number of halogens is 2. The van der Waals surface area contributed by atoms with Gasteiger partial charge in [0.1, 0.15) is 5.15 Å². The van der Waals surface area contributed by atoms with Crippen LogP contribution in [0.2, 0.25) is 10.3 Å². The van der Waals surface area contributed by atoms with Crippen LogP contribution in [0.3, 0.4) is 0 Å². The standard InChI is InChI=1S/C28H31Cl2N3O6/c29-26-27(30)33(17-32-26)15-22-13-23(20-9-7-19(16-34)8-10-20)39-28(38-22)21-11-5-18(6-12-21)14-31-24(35)3-1-2-4-25(36)37/h5-12,17,22-23,28,34H,1-4,13-16H2,(H,31,35)(H,36,37)/t22-,23+,28+/m0/s1. The number of nitrogens with zero attached hydrogens (tertiary/aromatic N) is 2. The summed E-state index contributed by atoms with van der Waals surface area (Å²) in [5.74, 6) is -0.965. The molecule has 9 nitrogen and oxygen atoms in total. The number of aromatic nitrogens is 2. The van der Waals surface area contributed by atoms with Gasteiger partial charge >= 0.3 is 5.97 Å². The summed E-state index contributed by atoms with van der Waals surface area (Å²) in [5, 5.41) is 21.5. The lowest BCUT2D eigenvalue weighted by atomic mass is 10.00. The van der Waals surface area contributed by atoms with E-state index in [0.717, 1.165) is 22.3 Å². The second-order valence-corrected chi connectivity index (χ2v) is 10.2. The number of rotatable bonds is 12. The van der Waals surface area contributed by atoms with Crippen LogP contribution >= 0.6 is 23.2 Å². The van der Waals surface area contributed by atoms with Crippen LogP contribution in [0, 0.1) is 0 Å². The normalized spacial score (nSPS) is 19.1. The molecule has 2 heterocycles. The summed E-state index contributed by atoms with van der Waals surface area (Å²) in [4.78, 5) is 26.7. The predicted molar refractivity (Wildman–Crippen MR) is 145 cm³/mol. The van der Waals surface area contributed by atoms with E-state index in [-0.39, 0.29) is 36.3 Å². The fourth-order valence-corrected chi connectivity index (χ4v) is 4.68. The Morgan fingerprint density at radius 2 is 1.64 bits per heavy atom. The molecule has 0 spiro atoms. The summed E-state index contributed by atoms with van der Waals surface area (Å²) >= 11 is 12.3. The van der Waals surface area contributed by atoms with Gasteiger partial charge in [-0.25, -0.2) is 4.98 Å². The molecule has 11 heteroatoms. The molecule has 0 aliphatic carbocycles. The van der Waals surface area contributed by atoms with Gasteiger partial charge in [-0.2, -0.15) is 0 Å². The zero-order chi connectivity index (χ0) is 27.8. The average molecular weight is 576 g/mol. The fraction of sp³-hybridized carbons (Fsp3) is 0.393. The summed E-state index contributed by atoms with van der Waals surface area (Å²) in [7, 11) is 0. The number of imidazole rings is 1. The maximum absolute atomic E-state index is 12.1. The molecule has 0 saturated carbocycles. The Balaban J connectivity index is 1.41. The molecule has 2 aromatic carbocycles. The Morgan fingerprint density at radius 1 is 0.974 bits per heavy atom. The number of ether oxygens (including phenoxy) is 2. The van der Waals surface area contributed by atoms with Gasteiger partial charge in [-0.05, 0) is 29.5 Å². The number of carboxylic acid groups (broad SMARTS) is 1. The van der Waals surface area contributed by atoms with Crippen molar-refractivity contribution in [2.75, 3.05) is 0 Å². The van der Waals surface area contributed by atoms with Gasteiger partial charge in [0.15, 0.2) is 11.4 Å². The summed E-state index contributed by atoms with van der Waals surface area (Å²) in [6.45, 7) is 0.782. The third kappa shape index (κ3) is 8.27. The Bertz CT molecular complexity index is 1250. The lowest BCUT2D eigenvalue weighted by molar-refractivity contribution is -0.252. The van der Waals surface area contributed by atoms with E-state index in [1.54, 1.807) is 10.9 Å². The molecule has 1 aliphatic rings. The van der Waals surface area contributed by atoms with Crippen molar-refractivity contribution < 1.29 is 29.3 Å². The van der Waals surface area contributed by atoms with Crippen LogP contribution in [0.1, 0.15) is 66.8 Å². The fourth-order valence-electron chi connectivity index (χ4n) is 4.37. The monoisotopic (exact) mass is 575 g/mol. The van der Waals surface area contributed by atoms with Crippen LogP contribution in [0.5, 0.6) is 0 Å². The number of amides is 1. The van der Waals surface area contributed by atoms with Crippen molar-refractivity contribution in [2.24, 2.45) is 0 Å². The molecule has 1 fully saturated rings. The molecule has 3 aromatic rings. The zero-order valence-corrected chi connectivity index (χ0v) is 22.8. The second kappa shape index (κ2) is 13.9. The minimum Gasteiger partial charge on any atom is -0.481 e. The number of nitrogens with one attached hydrogen (secondary N) is 1. The van der Waals surface area contributed by atoms with E-state index in [1.165, 1.54) is 0 Å². The number of unbranched alkanes of at least 4 members (excludes halogenated alkanes) is 1. The van der Waals surface area contributed by atoms with Crippen LogP contribution in [-0.4, -0.2) is 37.7 Å². The number of benzene rings is 2. The molecule has 0 bridgehead atoms. The highest BCUT2D eigenvalue weighted by molar-refractivity contribution is 6.40. The molecule has 1 aromatic heterocycles. The SMILES string of the molecule is O=C(O)CCCCC(=O)NCc1ccc([C@@H]2O[C@H](Cn3cnc(Cl)c3Cl)C[C@H](c3ccc(CO)cc3)O2)cc1. The van der Waals surface area contributed by atoms with E-state index in [9.17, 15) is 14.7 Å².